The van der Waals surface area contributed by atoms with E-state index in [-0.39, 0.29) is 19.6 Å². The Morgan fingerprint density at radius 1 is 1.00 bits per heavy atom. The van der Waals surface area contributed by atoms with Crippen LogP contribution in [-0.2, 0) is 27.4 Å². The van der Waals surface area contributed by atoms with E-state index < -0.39 is 23.9 Å². The van der Waals surface area contributed by atoms with Gasteiger partial charge >= 0.3 is 6.09 Å². The molecule has 0 aliphatic heterocycles. The Hall–Kier alpha value is -3.06. The van der Waals surface area contributed by atoms with Gasteiger partial charge < -0.3 is 21.1 Å². The van der Waals surface area contributed by atoms with Crippen LogP contribution in [0.15, 0.2) is 54.6 Å². The molecule has 0 fully saturated rings. The van der Waals surface area contributed by atoms with E-state index in [0.29, 0.717) is 5.02 Å². The molecule has 0 saturated heterocycles. The summed E-state index contributed by atoms with van der Waals surface area (Å²) in [6, 6.07) is 15.1. The van der Waals surface area contributed by atoms with Crippen LogP contribution in [0.5, 0.6) is 0 Å². The largest absolute Gasteiger partial charge is 0.445 e. The van der Waals surface area contributed by atoms with Crippen LogP contribution in [0.4, 0.5) is 4.79 Å². The zero-order valence-electron chi connectivity index (χ0n) is 14.5. The van der Waals surface area contributed by atoms with Gasteiger partial charge in [-0.15, -0.1) is 0 Å². The molecule has 3 amide bonds. The Kier molecular flexibility index (Phi) is 7.63. The van der Waals surface area contributed by atoms with Crippen LogP contribution in [0.3, 0.4) is 0 Å². The zero-order valence-corrected chi connectivity index (χ0v) is 15.2. The van der Waals surface area contributed by atoms with E-state index in [1.165, 1.54) is 0 Å². The summed E-state index contributed by atoms with van der Waals surface area (Å²) in [5, 5.41) is 5.38. The number of hydrogen-bond acceptors (Lipinski definition) is 4. The Bertz CT molecular complexity index is 781. The summed E-state index contributed by atoms with van der Waals surface area (Å²) in [5.41, 5.74) is 6.96. The predicted octanol–water partition coefficient (Wildman–Crippen LogP) is 1.78. The van der Waals surface area contributed by atoms with Crippen molar-refractivity contribution in [1.29, 1.82) is 0 Å². The van der Waals surface area contributed by atoms with Gasteiger partial charge in [-0.25, -0.2) is 4.79 Å². The molecule has 27 heavy (non-hydrogen) atoms. The van der Waals surface area contributed by atoms with Crippen molar-refractivity contribution in [1.82, 2.24) is 10.6 Å². The number of primary amides is 1. The summed E-state index contributed by atoms with van der Waals surface area (Å²) in [6.07, 6.45) is -0.515. The standard InChI is InChI=1S/C19H20ClN3O4/c20-15-8-6-13(7-9-15)10-16(18(21)25)23-17(24)11-22-19(26)27-12-14-4-2-1-3-5-14/h1-9,16H,10-12H2,(H2,21,25)(H,22,26)(H,23,24)/t16-/m0/s1. The summed E-state index contributed by atoms with van der Waals surface area (Å²) >= 11 is 5.82. The van der Waals surface area contributed by atoms with Crippen molar-refractivity contribution in [2.45, 2.75) is 19.1 Å². The summed E-state index contributed by atoms with van der Waals surface area (Å²) in [7, 11) is 0. The second-order valence-electron chi connectivity index (χ2n) is 5.77. The highest BCUT2D eigenvalue weighted by atomic mass is 35.5. The van der Waals surface area contributed by atoms with Gasteiger partial charge in [0, 0.05) is 11.4 Å². The highest BCUT2D eigenvalue weighted by Crippen LogP contribution is 2.11. The third-order valence-corrected chi connectivity index (χ3v) is 3.89. The molecule has 0 unspecified atom stereocenters. The quantitative estimate of drug-likeness (QED) is 0.639. The van der Waals surface area contributed by atoms with Crippen molar-refractivity contribution >= 4 is 29.5 Å². The van der Waals surface area contributed by atoms with Crippen LogP contribution < -0.4 is 16.4 Å². The van der Waals surface area contributed by atoms with Crippen LogP contribution in [-0.4, -0.2) is 30.5 Å². The van der Waals surface area contributed by atoms with E-state index in [1.54, 1.807) is 24.3 Å². The highest BCUT2D eigenvalue weighted by Gasteiger charge is 2.19. The molecule has 0 heterocycles. The molecular formula is C19H20ClN3O4. The molecule has 0 aliphatic carbocycles. The van der Waals surface area contributed by atoms with Gasteiger partial charge in [-0.3, -0.25) is 9.59 Å². The van der Waals surface area contributed by atoms with Gasteiger partial charge in [0.25, 0.3) is 0 Å². The van der Waals surface area contributed by atoms with E-state index in [2.05, 4.69) is 10.6 Å². The molecule has 0 spiro atoms. The molecule has 2 aromatic rings. The number of carbonyl (C=O) groups excluding carboxylic acids is 3. The van der Waals surface area contributed by atoms with Gasteiger partial charge in [-0.05, 0) is 23.3 Å². The number of alkyl carbamates (subject to hydrolysis) is 1. The molecule has 0 aromatic heterocycles. The number of ether oxygens (including phenoxy) is 1. The molecule has 7 nitrogen and oxygen atoms in total. The van der Waals surface area contributed by atoms with E-state index in [0.717, 1.165) is 11.1 Å². The van der Waals surface area contributed by atoms with Gasteiger partial charge in [-0.1, -0.05) is 54.1 Å². The molecule has 0 bridgehead atoms. The lowest BCUT2D eigenvalue weighted by Gasteiger charge is -2.16. The number of rotatable bonds is 8. The maximum absolute atomic E-state index is 12.0. The minimum atomic E-state index is -0.902. The maximum Gasteiger partial charge on any atom is 0.407 e. The van der Waals surface area contributed by atoms with Gasteiger partial charge in [0.2, 0.25) is 11.8 Å². The van der Waals surface area contributed by atoms with E-state index in [9.17, 15) is 14.4 Å². The average molecular weight is 390 g/mol. The van der Waals surface area contributed by atoms with Crippen LogP contribution in [0, 0.1) is 0 Å². The molecule has 4 N–H and O–H groups in total. The lowest BCUT2D eigenvalue weighted by molar-refractivity contribution is -0.126. The zero-order chi connectivity index (χ0) is 19.6. The smallest absolute Gasteiger partial charge is 0.407 e. The van der Waals surface area contributed by atoms with Crippen molar-refractivity contribution in [2.75, 3.05) is 6.54 Å². The van der Waals surface area contributed by atoms with Gasteiger partial charge in [0.1, 0.15) is 19.2 Å². The second-order valence-corrected chi connectivity index (χ2v) is 6.20. The fourth-order valence-corrected chi connectivity index (χ4v) is 2.38. The first kappa shape index (κ1) is 20.3. The predicted molar refractivity (Wildman–Crippen MR) is 101 cm³/mol. The summed E-state index contributed by atoms with van der Waals surface area (Å²) in [4.78, 5) is 35.2. The third kappa shape index (κ3) is 7.37. The lowest BCUT2D eigenvalue weighted by atomic mass is 10.1. The summed E-state index contributed by atoms with van der Waals surface area (Å²) in [5.74, 6) is -1.23. The molecule has 142 valence electrons. The first-order chi connectivity index (χ1) is 12.9. The number of benzene rings is 2. The fourth-order valence-electron chi connectivity index (χ4n) is 2.25. The SMILES string of the molecule is NC(=O)[C@H](Cc1ccc(Cl)cc1)NC(=O)CNC(=O)OCc1ccccc1. The van der Waals surface area contributed by atoms with Crippen molar-refractivity contribution in [3.8, 4) is 0 Å². The van der Waals surface area contributed by atoms with E-state index >= 15 is 0 Å². The Balaban J connectivity index is 1.77. The Morgan fingerprint density at radius 2 is 1.67 bits per heavy atom. The fraction of sp³-hybridized carbons (Fsp3) is 0.211. The lowest BCUT2D eigenvalue weighted by Crippen LogP contribution is -2.49. The van der Waals surface area contributed by atoms with Gasteiger partial charge in [0.15, 0.2) is 0 Å². The van der Waals surface area contributed by atoms with E-state index in [1.807, 2.05) is 30.3 Å². The molecule has 8 heteroatoms. The van der Waals surface area contributed by atoms with Crippen LogP contribution >= 0.6 is 11.6 Å². The Labute approximate surface area is 161 Å². The minimum Gasteiger partial charge on any atom is -0.445 e. The summed E-state index contributed by atoms with van der Waals surface area (Å²) < 4.78 is 5.00. The van der Waals surface area contributed by atoms with Crippen LogP contribution in [0.1, 0.15) is 11.1 Å². The number of amides is 3. The average Bonchev–Trinajstić information content (AvgIpc) is 2.66. The van der Waals surface area contributed by atoms with Crippen molar-refractivity contribution in [3.05, 3.63) is 70.7 Å². The van der Waals surface area contributed by atoms with Crippen molar-refractivity contribution in [3.63, 3.8) is 0 Å². The summed E-state index contributed by atoms with van der Waals surface area (Å²) in [6.45, 7) is -0.243. The third-order valence-electron chi connectivity index (χ3n) is 3.64. The van der Waals surface area contributed by atoms with Crippen LogP contribution in [0.2, 0.25) is 5.02 Å². The second kappa shape index (κ2) is 10.2. The number of carbonyl (C=O) groups is 3. The molecule has 1 atom stereocenters. The first-order valence-corrected chi connectivity index (χ1v) is 8.59. The van der Waals surface area contributed by atoms with Crippen molar-refractivity contribution < 1.29 is 19.1 Å². The number of hydrogen-bond donors (Lipinski definition) is 3. The molecular weight excluding hydrogens is 370 g/mol. The normalized spacial score (nSPS) is 11.3. The minimum absolute atomic E-state index is 0.0920. The Morgan fingerprint density at radius 3 is 2.30 bits per heavy atom. The topological polar surface area (TPSA) is 111 Å². The molecule has 0 saturated carbocycles. The van der Waals surface area contributed by atoms with Crippen LogP contribution in [0.25, 0.3) is 0 Å². The molecule has 0 aliphatic rings. The molecule has 2 rings (SSSR count). The number of halogens is 1. The van der Waals surface area contributed by atoms with Crippen molar-refractivity contribution in [2.24, 2.45) is 5.73 Å². The molecule has 2 aromatic carbocycles. The maximum atomic E-state index is 12.0. The van der Waals surface area contributed by atoms with Gasteiger partial charge in [-0.2, -0.15) is 0 Å². The first-order valence-electron chi connectivity index (χ1n) is 8.21. The van der Waals surface area contributed by atoms with Gasteiger partial charge in [0.05, 0.1) is 0 Å². The highest BCUT2D eigenvalue weighted by molar-refractivity contribution is 6.30. The number of nitrogens with two attached hydrogens (primary N) is 1. The monoisotopic (exact) mass is 389 g/mol. The molecule has 0 radical (unpaired) electrons. The van der Waals surface area contributed by atoms with E-state index in [4.69, 9.17) is 22.1 Å². The number of nitrogens with one attached hydrogen (secondary N) is 2.